The van der Waals surface area contributed by atoms with E-state index in [1.165, 1.54) is 7.11 Å². The summed E-state index contributed by atoms with van der Waals surface area (Å²) in [6.07, 6.45) is 2.95. The van der Waals surface area contributed by atoms with Crippen molar-refractivity contribution in [2.75, 3.05) is 25.7 Å². The van der Waals surface area contributed by atoms with E-state index in [2.05, 4.69) is 10.6 Å². The number of para-hydroxylation sites is 1. The number of thioether (sulfide) groups is 1. The van der Waals surface area contributed by atoms with Crippen molar-refractivity contribution in [1.29, 1.82) is 0 Å². The number of hydrogen-bond donors (Lipinski definition) is 3. The topological polar surface area (TPSA) is 87.7 Å². The number of methoxy groups -OCH3 is 1. The minimum atomic E-state index is -0.629. The third-order valence-corrected chi connectivity index (χ3v) is 4.18. The lowest BCUT2D eigenvalue weighted by atomic mass is 10.1. The summed E-state index contributed by atoms with van der Waals surface area (Å²) >= 11 is 1.61. The molecular formula is C17H26N2O4S. The van der Waals surface area contributed by atoms with Crippen molar-refractivity contribution in [3.8, 4) is 5.75 Å². The van der Waals surface area contributed by atoms with Gasteiger partial charge in [0.25, 0.3) is 5.91 Å². The first kappa shape index (κ1) is 20.3. The predicted octanol–water partition coefficient (Wildman–Crippen LogP) is 1.43. The zero-order valence-corrected chi connectivity index (χ0v) is 15.2. The molecule has 0 aliphatic rings. The van der Waals surface area contributed by atoms with Crippen molar-refractivity contribution in [3.05, 3.63) is 29.8 Å². The minimum Gasteiger partial charge on any atom is -0.496 e. The Kier molecular flexibility index (Phi) is 9.26. The molecule has 0 saturated carbocycles. The Morgan fingerprint density at radius 2 is 1.96 bits per heavy atom. The van der Waals surface area contributed by atoms with Crippen LogP contribution in [0.15, 0.2) is 24.3 Å². The number of amides is 2. The second kappa shape index (κ2) is 10.9. The lowest BCUT2D eigenvalue weighted by Crippen LogP contribution is -2.49. The van der Waals surface area contributed by atoms with Gasteiger partial charge in [0.1, 0.15) is 11.8 Å². The summed E-state index contributed by atoms with van der Waals surface area (Å²) in [5.74, 6) is 0.628. The molecule has 0 fully saturated rings. The molecule has 0 spiro atoms. The number of aliphatic hydroxyl groups is 1. The summed E-state index contributed by atoms with van der Waals surface area (Å²) < 4.78 is 5.19. The van der Waals surface area contributed by atoms with Crippen LogP contribution >= 0.6 is 11.8 Å². The fourth-order valence-corrected chi connectivity index (χ4v) is 2.65. The molecule has 0 bridgehead atoms. The maximum absolute atomic E-state index is 12.5. The van der Waals surface area contributed by atoms with Gasteiger partial charge in [-0.2, -0.15) is 11.8 Å². The minimum absolute atomic E-state index is 0.00446. The lowest BCUT2D eigenvalue weighted by Gasteiger charge is -2.21. The second-order valence-corrected chi connectivity index (χ2v) is 6.42. The summed E-state index contributed by atoms with van der Waals surface area (Å²) in [5.41, 5.74) is 0.394. The van der Waals surface area contributed by atoms with E-state index < -0.39 is 6.04 Å². The molecule has 0 radical (unpaired) electrons. The molecule has 7 heteroatoms. The van der Waals surface area contributed by atoms with Gasteiger partial charge < -0.3 is 20.5 Å². The Hall–Kier alpha value is -1.73. The largest absolute Gasteiger partial charge is 0.496 e. The van der Waals surface area contributed by atoms with E-state index in [1.54, 1.807) is 36.0 Å². The Labute approximate surface area is 147 Å². The molecule has 0 aromatic heterocycles. The van der Waals surface area contributed by atoms with E-state index in [4.69, 9.17) is 9.84 Å². The summed E-state index contributed by atoms with van der Waals surface area (Å²) in [7, 11) is 1.50. The standard InChI is InChI=1S/C17H26N2O4S/c1-12(8-10-20)18-17(22)14(9-11-24-3)19-16(21)13-6-4-5-7-15(13)23-2/h4-7,12,14,20H,8-11H2,1-3H3,(H,18,22)(H,19,21)/t12-,14+/m1/s1. The highest BCUT2D eigenvalue weighted by molar-refractivity contribution is 7.98. The highest BCUT2D eigenvalue weighted by Gasteiger charge is 2.23. The fourth-order valence-electron chi connectivity index (χ4n) is 2.18. The van der Waals surface area contributed by atoms with Crippen LogP contribution in [0.2, 0.25) is 0 Å². The number of nitrogens with one attached hydrogen (secondary N) is 2. The molecule has 2 atom stereocenters. The molecule has 2 amide bonds. The van der Waals surface area contributed by atoms with Gasteiger partial charge in [-0.25, -0.2) is 0 Å². The average molecular weight is 354 g/mol. The summed E-state index contributed by atoms with van der Waals surface area (Å²) in [6, 6.07) is 6.11. The molecule has 134 valence electrons. The Morgan fingerprint density at radius 1 is 1.25 bits per heavy atom. The third kappa shape index (κ3) is 6.41. The normalized spacial score (nSPS) is 13.0. The van der Waals surface area contributed by atoms with Crippen LogP contribution in [-0.4, -0.2) is 54.7 Å². The van der Waals surface area contributed by atoms with E-state index in [1.807, 2.05) is 13.2 Å². The first-order valence-corrected chi connectivity index (χ1v) is 9.26. The molecule has 24 heavy (non-hydrogen) atoms. The van der Waals surface area contributed by atoms with E-state index in [0.29, 0.717) is 24.2 Å². The first-order chi connectivity index (χ1) is 11.5. The van der Waals surface area contributed by atoms with Crippen molar-refractivity contribution in [3.63, 3.8) is 0 Å². The van der Waals surface area contributed by atoms with Crippen molar-refractivity contribution in [2.45, 2.75) is 31.8 Å². The molecule has 1 aromatic carbocycles. The molecule has 0 aliphatic carbocycles. The van der Waals surface area contributed by atoms with Gasteiger partial charge in [0.15, 0.2) is 0 Å². The molecule has 3 N–H and O–H groups in total. The third-order valence-electron chi connectivity index (χ3n) is 3.53. The van der Waals surface area contributed by atoms with Gasteiger partial charge in [-0.15, -0.1) is 0 Å². The molecule has 1 rings (SSSR count). The van der Waals surface area contributed by atoms with Gasteiger partial charge in [-0.05, 0) is 43.9 Å². The smallest absolute Gasteiger partial charge is 0.255 e. The number of hydrogen-bond acceptors (Lipinski definition) is 5. The zero-order chi connectivity index (χ0) is 17.9. The predicted molar refractivity (Wildman–Crippen MR) is 96.6 cm³/mol. The molecule has 1 aromatic rings. The van der Waals surface area contributed by atoms with Crippen molar-refractivity contribution < 1.29 is 19.4 Å². The number of rotatable bonds is 10. The molecule has 0 aliphatic heterocycles. The van der Waals surface area contributed by atoms with Gasteiger partial charge in [0.2, 0.25) is 5.91 Å². The van der Waals surface area contributed by atoms with E-state index in [-0.39, 0.29) is 24.5 Å². The van der Waals surface area contributed by atoms with E-state index >= 15 is 0 Å². The fraction of sp³-hybridized carbons (Fsp3) is 0.529. The second-order valence-electron chi connectivity index (χ2n) is 5.43. The number of carbonyl (C=O) groups excluding carboxylic acids is 2. The molecular weight excluding hydrogens is 328 g/mol. The number of ether oxygens (including phenoxy) is 1. The van der Waals surface area contributed by atoms with E-state index in [0.717, 1.165) is 5.75 Å². The van der Waals surface area contributed by atoms with Crippen LogP contribution in [0.25, 0.3) is 0 Å². The van der Waals surface area contributed by atoms with Crippen molar-refractivity contribution in [2.24, 2.45) is 0 Å². The van der Waals surface area contributed by atoms with Gasteiger partial charge in [0, 0.05) is 12.6 Å². The van der Waals surface area contributed by atoms with Crippen molar-refractivity contribution >= 4 is 23.6 Å². The molecule has 0 heterocycles. The summed E-state index contributed by atoms with van der Waals surface area (Å²) in [4.78, 5) is 24.9. The van der Waals surface area contributed by atoms with Gasteiger partial charge in [-0.1, -0.05) is 12.1 Å². The van der Waals surface area contributed by atoms with Crippen LogP contribution in [0.1, 0.15) is 30.1 Å². The Bertz CT molecular complexity index is 539. The highest BCUT2D eigenvalue weighted by atomic mass is 32.2. The van der Waals surface area contributed by atoms with Crippen LogP contribution in [0.4, 0.5) is 0 Å². The van der Waals surface area contributed by atoms with Gasteiger partial charge in [0.05, 0.1) is 12.7 Å². The van der Waals surface area contributed by atoms with Crippen LogP contribution in [-0.2, 0) is 4.79 Å². The zero-order valence-electron chi connectivity index (χ0n) is 14.4. The monoisotopic (exact) mass is 354 g/mol. The summed E-state index contributed by atoms with van der Waals surface area (Å²) in [5, 5.41) is 14.5. The molecule has 0 saturated heterocycles. The lowest BCUT2D eigenvalue weighted by molar-refractivity contribution is -0.123. The van der Waals surface area contributed by atoms with Crippen LogP contribution in [0, 0.1) is 0 Å². The molecule has 6 nitrogen and oxygen atoms in total. The highest BCUT2D eigenvalue weighted by Crippen LogP contribution is 2.17. The quantitative estimate of drug-likeness (QED) is 0.592. The Morgan fingerprint density at radius 3 is 2.58 bits per heavy atom. The van der Waals surface area contributed by atoms with Crippen LogP contribution in [0.3, 0.4) is 0 Å². The Balaban J connectivity index is 2.80. The SMILES string of the molecule is COc1ccccc1C(=O)N[C@@H](CCSC)C(=O)N[C@H](C)CCO. The van der Waals surface area contributed by atoms with Gasteiger partial charge >= 0.3 is 0 Å². The average Bonchev–Trinajstić information content (AvgIpc) is 2.58. The number of benzene rings is 1. The maximum atomic E-state index is 12.5. The van der Waals surface area contributed by atoms with Crippen molar-refractivity contribution in [1.82, 2.24) is 10.6 Å². The first-order valence-electron chi connectivity index (χ1n) is 7.87. The van der Waals surface area contributed by atoms with E-state index in [9.17, 15) is 9.59 Å². The number of aliphatic hydroxyl groups excluding tert-OH is 1. The summed E-state index contributed by atoms with van der Waals surface area (Å²) in [6.45, 7) is 1.83. The van der Waals surface area contributed by atoms with Crippen LogP contribution < -0.4 is 15.4 Å². The number of carbonyl (C=O) groups is 2. The van der Waals surface area contributed by atoms with Crippen LogP contribution in [0.5, 0.6) is 5.75 Å². The van der Waals surface area contributed by atoms with Gasteiger partial charge in [-0.3, -0.25) is 9.59 Å². The maximum Gasteiger partial charge on any atom is 0.255 e. The molecule has 0 unspecified atom stereocenters.